The molecule has 1 nitrogen and oxygen atoms in total. The van der Waals surface area contributed by atoms with Crippen molar-refractivity contribution in [1.82, 2.24) is 5.32 Å². The van der Waals surface area contributed by atoms with Gasteiger partial charge in [0, 0.05) is 6.04 Å². The molecule has 0 spiro atoms. The third kappa shape index (κ3) is 3.60. The molecule has 0 aromatic heterocycles. The van der Waals surface area contributed by atoms with Gasteiger partial charge in [-0.2, -0.15) is 0 Å². The van der Waals surface area contributed by atoms with Crippen LogP contribution in [0.4, 0.5) is 0 Å². The first-order chi connectivity index (χ1) is 9.28. The number of benzene rings is 1. The van der Waals surface area contributed by atoms with Crippen molar-refractivity contribution < 1.29 is 0 Å². The molecule has 1 fully saturated rings. The molecule has 19 heavy (non-hydrogen) atoms. The lowest BCUT2D eigenvalue weighted by molar-refractivity contribution is 0.262. The second-order valence-corrected chi connectivity index (χ2v) is 5.88. The van der Waals surface area contributed by atoms with Crippen LogP contribution >= 0.6 is 0 Å². The summed E-state index contributed by atoms with van der Waals surface area (Å²) < 4.78 is 0. The third-order valence-corrected chi connectivity index (χ3v) is 4.62. The minimum atomic E-state index is 0.566. The Morgan fingerprint density at radius 2 is 1.95 bits per heavy atom. The topological polar surface area (TPSA) is 12.0 Å². The molecule has 1 heteroatoms. The van der Waals surface area contributed by atoms with E-state index in [1.165, 1.54) is 36.8 Å². The second kappa shape index (κ2) is 7.09. The first kappa shape index (κ1) is 14.6. The Morgan fingerprint density at radius 3 is 2.47 bits per heavy atom. The zero-order valence-corrected chi connectivity index (χ0v) is 12.8. The molecule has 1 aromatic rings. The SMILES string of the molecule is CCNC(CC1CCC1)c1cc(CC)ccc1CC. The van der Waals surface area contributed by atoms with Gasteiger partial charge in [0.05, 0.1) is 0 Å². The fourth-order valence-corrected chi connectivity index (χ4v) is 3.14. The van der Waals surface area contributed by atoms with Crippen LogP contribution in [0.1, 0.15) is 69.2 Å². The van der Waals surface area contributed by atoms with Crippen LogP contribution in [0.5, 0.6) is 0 Å². The van der Waals surface area contributed by atoms with E-state index in [2.05, 4.69) is 44.3 Å². The van der Waals surface area contributed by atoms with Crippen molar-refractivity contribution in [3.63, 3.8) is 0 Å². The average Bonchev–Trinajstić information content (AvgIpc) is 2.40. The average molecular weight is 259 g/mol. The first-order valence-corrected chi connectivity index (χ1v) is 8.13. The van der Waals surface area contributed by atoms with Gasteiger partial charge in [0.15, 0.2) is 0 Å². The number of hydrogen-bond acceptors (Lipinski definition) is 1. The monoisotopic (exact) mass is 259 g/mol. The number of hydrogen-bond donors (Lipinski definition) is 1. The Labute approximate surface area is 118 Å². The Morgan fingerprint density at radius 1 is 1.16 bits per heavy atom. The van der Waals surface area contributed by atoms with Crippen LogP contribution in [-0.4, -0.2) is 6.54 Å². The first-order valence-electron chi connectivity index (χ1n) is 8.13. The minimum absolute atomic E-state index is 0.566. The smallest absolute Gasteiger partial charge is 0.0325 e. The van der Waals surface area contributed by atoms with E-state index in [9.17, 15) is 0 Å². The maximum atomic E-state index is 3.72. The molecule has 1 N–H and O–H groups in total. The summed E-state index contributed by atoms with van der Waals surface area (Å²) >= 11 is 0. The van der Waals surface area contributed by atoms with Gasteiger partial charge in [-0.25, -0.2) is 0 Å². The third-order valence-electron chi connectivity index (χ3n) is 4.62. The van der Waals surface area contributed by atoms with Gasteiger partial charge < -0.3 is 5.32 Å². The van der Waals surface area contributed by atoms with Gasteiger partial charge in [-0.05, 0) is 48.4 Å². The maximum Gasteiger partial charge on any atom is 0.0325 e. The normalized spacial score (nSPS) is 17.2. The van der Waals surface area contributed by atoms with Crippen molar-refractivity contribution in [3.05, 3.63) is 34.9 Å². The van der Waals surface area contributed by atoms with E-state index in [1.807, 2.05) is 0 Å². The van der Waals surface area contributed by atoms with E-state index in [4.69, 9.17) is 0 Å². The van der Waals surface area contributed by atoms with E-state index in [0.29, 0.717) is 6.04 Å². The molecular formula is C18H29N. The summed E-state index contributed by atoms with van der Waals surface area (Å²) in [5.74, 6) is 0.957. The van der Waals surface area contributed by atoms with Crippen LogP contribution in [0.25, 0.3) is 0 Å². The zero-order chi connectivity index (χ0) is 13.7. The van der Waals surface area contributed by atoms with E-state index >= 15 is 0 Å². The van der Waals surface area contributed by atoms with E-state index < -0.39 is 0 Å². The summed E-state index contributed by atoms with van der Waals surface area (Å²) in [6.07, 6.45) is 7.94. The molecule has 1 saturated carbocycles. The van der Waals surface area contributed by atoms with Crippen molar-refractivity contribution in [2.45, 2.75) is 65.3 Å². The highest BCUT2D eigenvalue weighted by molar-refractivity contribution is 5.34. The lowest BCUT2D eigenvalue weighted by atomic mass is 9.78. The molecule has 1 aliphatic rings. The van der Waals surface area contributed by atoms with Crippen LogP contribution in [0.15, 0.2) is 18.2 Å². The lowest BCUT2D eigenvalue weighted by Gasteiger charge is -2.31. The molecular weight excluding hydrogens is 230 g/mol. The van der Waals surface area contributed by atoms with Gasteiger partial charge in [0.2, 0.25) is 0 Å². The van der Waals surface area contributed by atoms with Crippen molar-refractivity contribution in [2.75, 3.05) is 6.54 Å². The number of rotatable bonds is 7. The summed E-state index contributed by atoms with van der Waals surface area (Å²) in [6, 6.07) is 7.66. The predicted molar refractivity (Wildman–Crippen MR) is 83.6 cm³/mol. The van der Waals surface area contributed by atoms with Crippen LogP contribution in [0.2, 0.25) is 0 Å². The molecule has 1 unspecified atom stereocenters. The van der Waals surface area contributed by atoms with E-state index in [1.54, 1.807) is 5.56 Å². The largest absolute Gasteiger partial charge is 0.310 e. The standard InChI is InChI=1S/C18H29N/c1-4-14-10-11-16(5-2)17(12-14)18(19-6-3)13-15-8-7-9-15/h10-12,15,18-19H,4-9,13H2,1-3H3. The van der Waals surface area contributed by atoms with Crippen LogP contribution in [-0.2, 0) is 12.8 Å². The number of nitrogens with one attached hydrogen (secondary N) is 1. The minimum Gasteiger partial charge on any atom is -0.310 e. The highest BCUT2D eigenvalue weighted by atomic mass is 14.9. The van der Waals surface area contributed by atoms with E-state index in [0.717, 1.165) is 25.3 Å². The summed E-state index contributed by atoms with van der Waals surface area (Å²) in [5.41, 5.74) is 4.57. The second-order valence-electron chi connectivity index (χ2n) is 5.88. The molecule has 0 aliphatic heterocycles. The Kier molecular flexibility index (Phi) is 5.45. The van der Waals surface area contributed by atoms with Crippen molar-refractivity contribution >= 4 is 0 Å². The molecule has 1 aliphatic carbocycles. The Hall–Kier alpha value is -0.820. The van der Waals surface area contributed by atoms with Crippen LogP contribution < -0.4 is 5.32 Å². The van der Waals surface area contributed by atoms with Gasteiger partial charge in [0.25, 0.3) is 0 Å². The molecule has 0 bridgehead atoms. The quantitative estimate of drug-likeness (QED) is 0.751. The van der Waals surface area contributed by atoms with Crippen molar-refractivity contribution in [1.29, 1.82) is 0 Å². The zero-order valence-electron chi connectivity index (χ0n) is 12.8. The summed E-state index contributed by atoms with van der Waals surface area (Å²) in [5, 5.41) is 3.72. The fourth-order valence-electron chi connectivity index (χ4n) is 3.14. The predicted octanol–water partition coefficient (Wildman–Crippen LogP) is 4.65. The van der Waals surface area contributed by atoms with Crippen molar-refractivity contribution in [2.24, 2.45) is 5.92 Å². The Bertz CT molecular complexity index is 393. The number of aryl methyl sites for hydroxylation is 2. The molecule has 106 valence electrons. The molecule has 0 amide bonds. The molecule has 0 saturated heterocycles. The molecule has 1 aromatic carbocycles. The highest BCUT2D eigenvalue weighted by Crippen LogP contribution is 2.36. The summed E-state index contributed by atoms with van der Waals surface area (Å²) in [4.78, 5) is 0. The van der Waals surface area contributed by atoms with Gasteiger partial charge in [-0.1, -0.05) is 58.2 Å². The lowest BCUT2D eigenvalue weighted by Crippen LogP contribution is -2.26. The van der Waals surface area contributed by atoms with Gasteiger partial charge >= 0.3 is 0 Å². The van der Waals surface area contributed by atoms with Gasteiger partial charge in [0.1, 0.15) is 0 Å². The van der Waals surface area contributed by atoms with Gasteiger partial charge in [-0.3, -0.25) is 0 Å². The van der Waals surface area contributed by atoms with Crippen LogP contribution in [0, 0.1) is 5.92 Å². The van der Waals surface area contributed by atoms with Crippen molar-refractivity contribution in [3.8, 4) is 0 Å². The summed E-state index contributed by atoms with van der Waals surface area (Å²) in [6.45, 7) is 7.82. The molecule has 1 atom stereocenters. The highest BCUT2D eigenvalue weighted by Gasteiger charge is 2.23. The molecule has 2 rings (SSSR count). The molecule has 0 radical (unpaired) electrons. The fraction of sp³-hybridized carbons (Fsp3) is 0.667. The Balaban J connectivity index is 2.21. The van der Waals surface area contributed by atoms with E-state index in [-0.39, 0.29) is 0 Å². The van der Waals surface area contributed by atoms with Gasteiger partial charge in [-0.15, -0.1) is 0 Å². The van der Waals surface area contributed by atoms with Crippen LogP contribution in [0.3, 0.4) is 0 Å². The summed E-state index contributed by atoms with van der Waals surface area (Å²) in [7, 11) is 0. The maximum absolute atomic E-state index is 3.72. The molecule has 0 heterocycles.